The zero-order chi connectivity index (χ0) is 24.6. The van der Waals surface area contributed by atoms with Gasteiger partial charge in [0, 0.05) is 29.2 Å². The molecule has 10 heteroatoms. The number of aromatic amines is 1. The monoisotopic (exact) mass is 546 g/mol. The number of hydrogen-bond acceptors (Lipinski definition) is 5. The highest BCUT2D eigenvalue weighted by molar-refractivity contribution is 9.10. The van der Waals surface area contributed by atoms with E-state index in [9.17, 15) is 13.2 Å². The number of carbonyl (C=O) groups excluding carboxylic acids is 1. The van der Waals surface area contributed by atoms with Crippen LogP contribution in [0.2, 0.25) is 25.7 Å². The number of halogens is 1. The fourth-order valence-electron chi connectivity index (χ4n) is 3.36. The average molecular weight is 548 g/mol. The molecule has 0 saturated carbocycles. The van der Waals surface area contributed by atoms with Crippen LogP contribution in [0, 0.1) is 13.8 Å². The fraction of sp³-hybridized carbons (Fsp3) is 0.591. The second-order valence-electron chi connectivity index (χ2n) is 10.3. The van der Waals surface area contributed by atoms with Gasteiger partial charge in [-0.2, -0.15) is 0 Å². The molecule has 0 bridgehead atoms. The highest BCUT2D eigenvalue weighted by Crippen LogP contribution is 2.43. The summed E-state index contributed by atoms with van der Waals surface area (Å²) in [5, 5.41) is 0.761. The van der Waals surface area contributed by atoms with E-state index in [0.29, 0.717) is 32.8 Å². The van der Waals surface area contributed by atoms with Crippen LogP contribution >= 0.6 is 15.9 Å². The van der Waals surface area contributed by atoms with Gasteiger partial charge >= 0.3 is 5.97 Å². The van der Waals surface area contributed by atoms with Gasteiger partial charge < -0.3 is 14.5 Å². The van der Waals surface area contributed by atoms with Crippen LogP contribution in [0.15, 0.2) is 10.5 Å². The molecule has 0 amide bonds. The van der Waals surface area contributed by atoms with Gasteiger partial charge in [0.1, 0.15) is 0 Å². The highest BCUT2D eigenvalue weighted by Gasteiger charge is 2.34. The van der Waals surface area contributed by atoms with Gasteiger partial charge in [-0.15, -0.1) is 0 Å². The Hall–Kier alpha value is -1.36. The molecule has 0 fully saturated rings. The number of hydrogen-bond donors (Lipinski definition) is 2. The minimum Gasteiger partial charge on any atom is -0.467 e. The molecule has 7 nitrogen and oxygen atoms in total. The number of methoxy groups -OCH3 is 1. The number of esters is 1. The number of H-pyrrole nitrogens is 1. The largest absolute Gasteiger partial charge is 0.467 e. The first-order valence-corrected chi connectivity index (χ1v) is 16.7. The van der Waals surface area contributed by atoms with Crippen molar-refractivity contribution in [3.8, 4) is 0 Å². The number of ether oxygens (including phenoxy) is 2. The van der Waals surface area contributed by atoms with Crippen molar-refractivity contribution in [3.63, 3.8) is 0 Å². The first-order chi connectivity index (χ1) is 14.5. The molecule has 0 aliphatic carbocycles. The maximum Gasteiger partial charge on any atom is 0.339 e. The SMILES string of the molecule is COC(=O)[C@@H](OC(C)(C)C)c1c(C)c(NS(=O)(=O)CC[Si](C)(C)C)c2[nH]c(C)cc2c1Br. The number of sulfonamides is 1. The Morgan fingerprint density at radius 3 is 2.34 bits per heavy atom. The molecule has 1 heterocycles. The van der Waals surface area contributed by atoms with Crippen molar-refractivity contribution in [2.75, 3.05) is 17.6 Å². The maximum absolute atomic E-state index is 13.0. The van der Waals surface area contributed by atoms with Crippen molar-refractivity contribution in [1.82, 2.24) is 4.98 Å². The van der Waals surface area contributed by atoms with Gasteiger partial charge in [-0.3, -0.25) is 4.72 Å². The Labute approximate surface area is 200 Å². The normalized spacial score (nSPS) is 13.9. The smallest absolute Gasteiger partial charge is 0.339 e. The van der Waals surface area contributed by atoms with Gasteiger partial charge in [0.05, 0.1) is 29.7 Å². The molecule has 0 aliphatic rings. The summed E-state index contributed by atoms with van der Waals surface area (Å²) in [5.74, 6) is -0.504. The zero-order valence-electron chi connectivity index (χ0n) is 20.4. The fourth-order valence-corrected chi connectivity index (χ4v) is 8.37. The summed E-state index contributed by atoms with van der Waals surface area (Å²) in [6, 6.07) is 2.56. The number of carbonyl (C=O) groups is 1. The minimum absolute atomic E-state index is 0.0493. The Kier molecular flexibility index (Phi) is 7.96. The van der Waals surface area contributed by atoms with Crippen LogP contribution in [0.25, 0.3) is 10.9 Å². The van der Waals surface area contributed by atoms with Crippen molar-refractivity contribution in [2.24, 2.45) is 0 Å². The second-order valence-corrected chi connectivity index (χ2v) is 18.6. The molecule has 0 radical (unpaired) electrons. The lowest BCUT2D eigenvalue weighted by Gasteiger charge is -2.29. The first-order valence-electron chi connectivity index (χ1n) is 10.5. The number of rotatable bonds is 8. The van der Waals surface area contributed by atoms with E-state index in [-0.39, 0.29) is 5.75 Å². The number of benzene rings is 1. The average Bonchev–Trinajstić information content (AvgIpc) is 3.03. The lowest BCUT2D eigenvalue weighted by molar-refractivity contribution is -0.164. The molecule has 1 atom stereocenters. The molecule has 2 aromatic rings. The Morgan fingerprint density at radius 1 is 1.25 bits per heavy atom. The van der Waals surface area contributed by atoms with E-state index in [1.165, 1.54) is 7.11 Å². The van der Waals surface area contributed by atoms with Gasteiger partial charge in [0.2, 0.25) is 10.0 Å². The van der Waals surface area contributed by atoms with Crippen LogP contribution in [0.3, 0.4) is 0 Å². The van der Waals surface area contributed by atoms with Gasteiger partial charge in [0.15, 0.2) is 6.10 Å². The van der Waals surface area contributed by atoms with E-state index in [2.05, 4.69) is 45.3 Å². The highest BCUT2D eigenvalue weighted by atomic mass is 79.9. The third-order valence-electron chi connectivity index (χ3n) is 4.98. The molecule has 32 heavy (non-hydrogen) atoms. The molecular formula is C22H35BrN2O5SSi. The van der Waals surface area contributed by atoms with Gasteiger partial charge in [-0.1, -0.05) is 19.6 Å². The molecular weight excluding hydrogens is 512 g/mol. The molecule has 0 aliphatic heterocycles. The number of aromatic nitrogens is 1. The summed E-state index contributed by atoms with van der Waals surface area (Å²) in [4.78, 5) is 16.0. The van der Waals surface area contributed by atoms with E-state index in [1.54, 1.807) is 6.92 Å². The van der Waals surface area contributed by atoms with E-state index in [0.717, 1.165) is 11.1 Å². The number of aryl methyl sites for hydroxylation is 1. The topological polar surface area (TPSA) is 97.5 Å². The van der Waals surface area contributed by atoms with Crippen LogP contribution < -0.4 is 4.72 Å². The van der Waals surface area contributed by atoms with Gasteiger partial charge in [0.25, 0.3) is 0 Å². The van der Waals surface area contributed by atoms with E-state index in [1.807, 2.05) is 33.8 Å². The van der Waals surface area contributed by atoms with E-state index in [4.69, 9.17) is 9.47 Å². The molecule has 1 aromatic heterocycles. The molecule has 1 aromatic carbocycles. The summed E-state index contributed by atoms with van der Waals surface area (Å²) in [5.41, 5.74) is 2.46. The number of nitrogens with one attached hydrogen (secondary N) is 2. The molecule has 0 unspecified atom stereocenters. The molecule has 0 saturated heterocycles. The van der Waals surface area contributed by atoms with Crippen molar-refractivity contribution < 1.29 is 22.7 Å². The van der Waals surface area contributed by atoms with Gasteiger partial charge in [-0.25, -0.2) is 13.2 Å². The van der Waals surface area contributed by atoms with Crippen LogP contribution in [0.5, 0.6) is 0 Å². The quantitative estimate of drug-likeness (QED) is 0.329. The Morgan fingerprint density at radius 2 is 1.84 bits per heavy atom. The molecule has 0 spiro atoms. The standard InChI is InChI=1S/C22H35BrN2O5SSi/c1-13-12-15-17(23)16(20(21(26)29-6)30-22(3,4)5)14(2)18(19(15)24-13)25-31(27,28)10-11-32(7,8)9/h12,20,24-25H,10-11H2,1-9H3/t20-/m0/s1. The van der Waals surface area contributed by atoms with Crippen LogP contribution in [-0.4, -0.2) is 45.9 Å². The predicted molar refractivity (Wildman–Crippen MR) is 137 cm³/mol. The summed E-state index contributed by atoms with van der Waals surface area (Å²) in [7, 11) is -3.83. The summed E-state index contributed by atoms with van der Waals surface area (Å²) in [6.07, 6.45) is -1.03. The second kappa shape index (κ2) is 9.48. The van der Waals surface area contributed by atoms with E-state index < -0.39 is 35.8 Å². The zero-order valence-corrected chi connectivity index (χ0v) is 23.8. The number of anilines is 1. The molecule has 2 rings (SSSR count). The van der Waals surface area contributed by atoms with Gasteiger partial charge in [-0.05, 0) is 68.2 Å². The van der Waals surface area contributed by atoms with Crippen molar-refractivity contribution >= 4 is 56.6 Å². The Balaban J connectivity index is 2.73. The summed E-state index contributed by atoms with van der Waals surface area (Å²) in [6.45, 7) is 15.7. The van der Waals surface area contributed by atoms with Crippen molar-refractivity contribution in [2.45, 2.75) is 72.0 Å². The first kappa shape index (κ1) is 26.9. The minimum atomic E-state index is -3.60. The lowest BCUT2D eigenvalue weighted by Crippen LogP contribution is -2.29. The third-order valence-corrected chi connectivity index (χ3v) is 9.20. The van der Waals surface area contributed by atoms with E-state index >= 15 is 0 Å². The van der Waals surface area contributed by atoms with Crippen molar-refractivity contribution in [3.05, 3.63) is 27.4 Å². The van der Waals surface area contributed by atoms with Crippen LogP contribution in [0.4, 0.5) is 5.69 Å². The lowest BCUT2D eigenvalue weighted by atomic mass is 9.98. The summed E-state index contributed by atoms with van der Waals surface area (Å²) < 4.78 is 40.6. The molecule has 180 valence electrons. The molecule has 2 N–H and O–H groups in total. The Bertz CT molecular complexity index is 1110. The van der Waals surface area contributed by atoms with Crippen LogP contribution in [-0.2, 0) is 24.3 Å². The summed E-state index contributed by atoms with van der Waals surface area (Å²) >= 11 is 3.64. The van der Waals surface area contributed by atoms with Crippen molar-refractivity contribution in [1.29, 1.82) is 0 Å². The van der Waals surface area contributed by atoms with Crippen LogP contribution in [0.1, 0.15) is 43.7 Å². The third kappa shape index (κ3) is 6.58. The predicted octanol–water partition coefficient (Wildman–Crippen LogP) is 5.66. The maximum atomic E-state index is 13.0. The number of fused-ring (bicyclic) bond motifs is 1.